The van der Waals surface area contributed by atoms with Crippen molar-refractivity contribution in [1.29, 1.82) is 0 Å². The van der Waals surface area contributed by atoms with Gasteiger partial charge in [-0.2, -0.15) is 0 Å². The van der Waals surface area contributed by atoms with E-state index in [1.165, 1.54) is 185 Å². The van der Waals surface area contributed by atoms with Crippen LogP contribution in [0, 0.1) is 51.2 Å². The number of carbonyl (C=O) groups excluding carboxylic acids is 1. The number of fused-ring (bicyclic) bond motifs is 5. The quantitative estimate of drug-likeness (QED) is 0.0327. The number of unbranched alkanes of at least 4 members (excludes halogenated alkanes) is 23. The fraction of sp³-hybridized carbons (Fsp3) is 0.947. The van der Waals surface area contributed by atoms with Gasteiger partial charge in [0.2, 0.25) is 5.79 Å². The molecule has 1 unspecified atom stereocenters. The van der Waals surface area contributed by atoms with E-state index in [0.717, 1.165) is 50.4 Å². The first-order valence-corrected chi connectivity index (χ1v) is 27.2. The van der Waals surface area contributed by atoms with Crippen LogP contribution in [0.2, 0.25) is 0 Å². The molecule has 0 amide bonds. The van der Waals surface area contributed by atoms with Gasteiger partial charge in [-0.15, -0.1) is 6.58 Å². The maximum atomic E-state index is 13.6. The highest BCUT2D eigenvalue weighted by Gasteiger charge is 2.72. The Balaban J connectivity index is 1.10. The average molecular weight is 837 g/mol. The smallest absolute Gasteiger partial charge is 0.308 e. The summed E-state index contributed by atoms with van der Waals surface area (Å²) >= 11 is 0. The molecule has 0 aromatic carbocycles. The van der Waals surface area contributed by atoms with Crippen molar-refractivity contribution in [2.24, 2.45) is 51.2 Å². The molecule has 0 aromatic heterocycles. The van der Waals surface area contributed by atoms with Crippen molar-refractivity contribution in [3.63, 3.8) is 0 Å². The first-order valence-electron chi connectivity index (χ1n) is 27.2. The van der Waals surface area contributed by atoms with Crippen LogP contribution in [0.25, 0.3) is 0 Å². The number of rotatable bonds is 31. The van der Waals surface area contributed by atoms with Crippen LogP contribution in [0.4, 0.5) is 0 Å². The van der Waals surface area contributed by atoms with Crippen LogP contribution in [0.1, 0.15) is 287 Å². The molecule has 4 saturated carbocycles. The highest BCUT2D eigenvalue weighted by atomic mass is 16.7. The van der Waals surface area contributed by atoms with Gasteiger partial charge in [-0.3, -0.25) is 4.79 Å². The second kappa shape index (κ2) is 25.0. The molecule has 4 aliphatic carbocycles. The Morgan fingerprint density at radius 3 is 1.53 bits per heavy atom. The summed E-state index contributed by atoms with van der Waals surface area (Å²) in [6.45, 7) is 23.7. The molecule has 4 aliphatic rings. The van der Waals surface area contributed by atoms with Gasteiger partial charge in [-0.05, 0) is 117 Å². The summed E-state index contributed by atoms with van der Waals surface area (Å²) in [4.78, 5) is 13.6. The summed E-state index contributed by atoms with van der Waals surface area (Å²) in [6.07, 6.45) is 46.2. The van der Waals surface area contributed by atoms with Crippen LogP contribution in [-0.4, -0.2) is 16.9 Å². The molecule has 0 aromatic rings. The Morgan fingerprint density at radius 1 is 0.583 bits per heavy atom. The molecule has 1 N–H and O–H groups in total. The molecule has 0 spiro atoms. The third-order valence-electron chi connectivity index (χ3n) is 19.0. The van der Waals surface area contributed by atoms with Crippen molar-refractivity contribution in [3.05, 3.63) is 12.2 Å². The largest absolute Gasteiger partial charge is 0.433 e. The lowest BCUT2D eigenvalue weighted by Crippen LogP contribution is -2.69. The molecule has 0 bridgehead atoms. The van der Waals surface area contributed by atoms with E-state index >= 15 is 0 Å². The third kappa shape index (κ3) is 13.4. The summed E-state index contributed by atoms with van der Waals surface area (Å²) in [5, 5.41) is 12.8. The molecular weight excluding hydrogens is 733 g/mol. The summed E-state index contributed by atoms with van der Waals surface area (Å²) in [6, 6.07) is 0. The second-order valence-corrected chi connectivity index (χ2v) is 23.6. The summed E-state index contributed by atoms with van der Waals surface area (Å²) in [5.41, 5.74) is 1.66. The molecule has 0 heterocycles. The lowest BCUT2D eigenvalue weighted by atomic mass is 9.37. The lowest BCUT2D eigenvalue weighted by Gasteiger charge is -2.69. The van der Waals surface area contributed by atoms with Gasteiger partial charge >= 0.3 is 5.97 Å². The first-order chi connectivity index (χ1) is 28.7. The summed E-state index contributed by atoms with van der Waals surface area (Å²) in [7, 11) is 0. The molecule has 60 heavy (non-hydrogen) atoms. The zero-order valence-corrected chi connectivity index (χ0v) is 41.8. The highest BCUT2D eigenvalue weighted by Crippen LogP contribution is 2.76. The summed E-state index contributed by atoms with van der Waals surface area (Å²) < 4.78 is 6.45. The van der Waals surface area contributed by atoms with Crippen LogP contribution in [-0.2, 0) is 9.53 Å². The van der Waals surface area contributed by atoms with E-state index in [0.29, 0.717) is 36.0 Å². The highest BCUT2D eigenvalue weighted by molar-refractivity contribution is 5.69. The monoisotopic (exact) mass is 837 g/mol. The maximum absolute atomic E-state index is 13.6. The summed E-state index contributed by atoms with van der Waals surface area (Å²) in [5.74, 6) is 1.34. The number of ether oxygens (including phenoxy) is 1. The van der Waals surface area contributed by atoms with Crippen LogP contribution in [0.3, 0.4) is 0 Å². The Bertz CT molecular complexity index is 1240. The Morgan fingerprint density at radius 2 is 1.05 bits per heavy atom. The topological polar surface area (TPSA) is 46.5 Å². The van der Waals surface area contributed by atoms with Crippen LogP contribution < -0.4 is 0 Å². The molecule has 4 rings (SSSR count). The number of esters is 1. The van der Waals surface area contributed by atoms with E-state index in [2.05, 4.69) is 62.0 Å². The van der Waals surface area contributed by atoms with Crippen molar-refractivity contribution >= 4 is 5.97 Å². The molecular formula is C57H104O3. The lowest BCUT2D eigenvalue weighted by molar-refractivity contribution is -0.340. The SMILES string of the molecule is C=C(C)CCC[C@@H](C)[C@@H]1CC[C@]2(C)[C@@H]3CC[C@H]4C(C)(C)CCC(O)(OC(=O)CCCCCCCCCCCCCCCCCCCCCCCCCC)[C@]4(C)[C@H]3CC[C@@]12C. The van der Waals surface area contributed by atoms with Crippen LogP contribution in [0.15, 0.2) is 12.2 Å². The zero-order chi connectivity index (χ0) is 43.7. The molecule has 9 atom stereocenters. The number of aliphatic hydroxyl groups is 1. The predicted molar refractivity (Wildman–Crippen MR) is 259 cm³/mol. The second-order valence-electron chi connectivity index (χ2n) is 23.6. The van der Waals surface area contributed by atoms with Gasteiger partial charge in [0.1, 0.15) is 0 Å². The van der Waals surface area contributed by atoms with Gasteiger partial charge in [-0.1, -0.05) is 208 Å². The van der Waals surface area contributed by atoms with Crippen LogP contribution in [0.5, 0.6) is 0 Å². The normalized spacial score (nSPS) is 32.5. The molecule has 350 valence electrons. The third-order valence-corrected chi connectivity index (χ3v) is 19.0. The Kier molecular flexibility index (Phi) is 21.6. The van der Waals surface area contributed by atoms with E-state index < -0.39 is 11.2 Å². The van der Waals surface area contributed by atoms with Crippen molar-refractivity contribution in [2.75, 3.05) is 0 Å². The maximum Gasteiger partial charge on any atom is 0.308 e. The number of hydrogen-bond acceptors (Lipinski definition) is 3. The Labute approximate surface area is 375 Å². The van der Waals surface area contributed by atoms with Gasteiger partial charge in [0.05, 0.1) is 0 Å². The van der Waals surface area contributed by atoms with E-state index in [-0.39, 0.29) is 16.8 Å². The zero-order valence-electron chi connectivity index (χ0n) is 41.8. The molecule has 0 aliphatic heterocycles. The fourth-order valence-corrected chi connectivity index (χ4v) is 15.0. The minimum absolute atomic E-state index is 0.141. The minimum atomic E-state index is -1.36. The molecule has 4 fully saturated rings. The van der Waals surface area contributed by atoms with Crippen molar-refractivity contribution in [1.82, 2.24) is 0 Å². The Hall–Kier alpha value is -0.830. The van der Waals surface area contributed by atoms with Crippen molar-refractivity contribution in [3.8, 4) is 0 Å². The van der Waals surface area contributed by atoms with Crippen LogP contribution >= 0.6 is 0 Å². The minimum Gasteiger partial charge on any atom is -0.433 e. The van der Waals surface area contributed by atoms with Gasteiger partial charge in [0.15, 0.2) is 0 Å². The van der Waals surface area contributed by atoms with Gasteiger partial charge in [0.25, 0.3) is 0 Å². The van der Waals surface area contributed by atoms with Crippen molar-refractivity contribution in [2.45, 2.75) is 292 Å². The van der Waals surface area contributed by atoms with E-state index in [9.17, 15) is 9.90 Å². The standard InChI is InChI=1S/C57H104O3/c1-10-11-12-13-14-15-16-17-18-19-20-21-22-23-24-25-26-27-28-29-30-31-32-33-37-52(58)60-57(59)45-44-53(5,6)51-39-38-49-50(56(51,57)9)41-43-54(7)48(40-42-55(49,54)8)47(4)36-34-35-46(2)3/h47-51,59H,2,10-45H2,1,3-9H3/t47-,48+,49-,50+,51+,54+,55-,56-,57?/m1/s1. The van der Waals surface area contributed by atoms with Gasteiger partial charge < -0.3 is 9.84 Å². The number of hydrogen-bond donors (Lipinski definition) is 1. The van der Waals surface area contributed by atoms with E-state index in [1.54, 1.807) is 0 Å². The molecule has 3 heteroatoms. The molecule has 0 saturated heterocycles. The van der Waals surface area contributed by atoms with E-state index in [1.807, 2.05) is 0 Å². The fourth-order valence-electron chi connectivity index (χ4n) is 15.0. The predicted octanol–water partition coefficient (Wildman–Crippen LogP) is 18.1. The van der Waals surface area contributed by atoms with E-state index in [4.69, 9.17) is 4.74 Å². The van der Waals surface area contributed by atoms with Gasteiger partial charge in [-0.25, -0.2) is 0 Å². The van der Waals surface area contributed by atoms with Gasteiger partial charge in [0, 0.05) is 18.3 Å². The molecule has 3 nitrogen and oxygen atoms in total. The number of carbonyl (C=O) groups is 1. The first kappa shape index (κ1) is 51.8. The number of allylic oxidation sites excluding steroid dienone is 1. The molecule has 0 radical (unpaired) electrons. The average Bonchev–Trinajstić information content (AvgIpc) is 3.49. The van der Waals surface area contributed by atoms with Crippen molar-refractivity contribution < 1.29 is 14.6 Å².